The highest BCUT2D eigenvalue weighted by molar-refractivity contribution is 5.25. The Kier molecular flexibility index (Phi) is 1.39. The molecule has 0 aliphatic carbocycles. The molecule has 0 unspecified atom stereocenters. The summed E-state index contributed by atoms with van der Waals surface area (Å²) in [7, 11) is 0. The van der Waals surface area contributed by atoms with Gasteiger partial charge in [0.05, 0.1) is 0 Å². The minimum Gasteiger partial charge on any atom is -0.505 e. The highest BCUT2D eigenvalue weighted by atomic mass is 19.1. The summed E-state index contributed by atoms with van der Waals surface area (Å²) in [4.78, 5) is 0. The number of hydrogen-bond acceptors (Lipinski definition) is 1. The summed E-state index contributed by atoms with van der Waals surface area (Å²) in [6, 6.07) is 5.09. The molecular formula is C7H6FO. The highest BCUT2D eigenvalue weighted by Gasteiger charge is 1.96. The zero-order chi connectivity index (χ0) is 6.85. The maximum Gasteiger partial charge on any atom is 0.165 e. The van der Waals surface area contributed by atoms with Crippen LogP contribution in [0.2, 0.25) is 0 Å². The number of hydrogen-bond donors (Lipinski definition) is 1. The minimum atomic E-state index is -0.591. The molecule has 2 heteroatoms. The van der Waals surface area contributed by atoms with Crippen LogP contribution in [-0.4, -0.2) is 5.11 Å². The molecular weight excluding hydrogens is 119 g/mol. The first-order valence-corrected chi connectivity index (χ1v) is 2.57. The van der Waals surface area contributed by atoms with E-state index in [0.29, 0.717) is 5.56 Å². The molecule has 1 radical (unpaired) electrons. The van der Waals surface area contributed by atoms with Crippen LogP contribution in [0.3, 0.4) is 0 Å². The molecule has 0 aromatic heterocycles. The van der Waals surface area contributed by atoms with Gasteiger partial charge in [-0.05, 0) is 30.7 Å². The lowest BCUT2D eigenvalue weighted by molar-refractivity contribution is 0.432. The summed E-state index contributed by atoms with van der Waals surface area (Å²) in [6.45, 7) is 1.71. The van der Waals surface area contributed by atoms with Crippen LogP contribution in [-0.2, 0) is 0 Å². The van der Waals surface area contributed by atoms with Crippen LogP contribution in [0.4, 0.5) is 4.39 Å². The smallest absolute Gasteiger partial charge is 0.165 e. The highest BCUT2D eigenvalue weighted by Crippen LogP contribution is 2.14. The average Bonchev–Trinajstić information content (AvgIpc) is 1.80. The summed E-state index contributed by atoms with van der Waals surface area (Å²) in [6.07, 6.45) is 0. The standard InChI is InChI=1S/C7H6FO/c1-5-2-3-7(9)6(8)4-5/h3-4,9H,1H3. The zero-order valence-corrected chi connectivity index (χ0v) is 4.98. The molecule has 0 amide bonds. The van der Waals surface area contributed by atoms with Crippen molar-refractivity contribution in [2.75, 3.05) is 0 Å². The Morgan fingerprint density at radius 1 is 1.67 bits per heavy atom. The molecule has 0 aliphatic heterocycles. The second-order valence-corrected chi connectivity index (χ2v) is 1.85. The zero-order valence-electron chi connectivity index (χ0n) is 4.98. The van der Waals surface area contributed by atoms with Gasteiger partial charge in [0, 0.05) is 0 Å². The van der Waals surface area contributed by atoms with Crippen molar-refractivity contribution >= 4 is 0 Å². The van der Waals surface area contributed by atoms with Crippen LogP contribution in [0.15, 0.2) is 12.1 Å². The number of aromatic hydroxyl groups is 1. The number of benzene rings is 1. The number of phenols is 1. The van der Waals surface area contributed by atoms with Gasteiger partial charge in [0.25, 0.3) is 0 Å². The fourth-order valence-corrected chi connectivity index (χ4v) is 0.557. The van der Waals surface area contributed by atoms with E-state index in [-0.39, 0.29) is 5.75 Å². The third-order valence-corrected chi connectivity index (χ3v) is 1.02. The van der Waals surface area contributed by atoms with Gasteiger partial charge in [0.1, 0.15) is 0 Å². The molecule has 0 fully saturated rings. The molecule has 1 aromatic rings. The summed E-state index contributed by atoms with van der Waals surface area (Å²) < 4.78 is 12.3. The van der Waals surface area contributed by atoms with Crippen molar-refractivity contribution in [2.24, 2.45) is 0 Å². The average molecular weight is 125 g/mol. The van der Waals surface area contributed by atoms with Gasteiger partial charge in [0.2, 0.25) is 0 Å². The van der Waals surface area contributed by atoms with Crippen molar-refractivity contribution in [3.8, 4) is 5.75 Å². The van der Waals surface area contributed by atoms with E-state index in [1.54, 1.807) is 6.92 Å². The van der Waals surface area contributed by atoms with E-state index in [2.05, 4.69) is 6.07 Å². The molecule has 0 spiro atoms. The van der Waals surface area contributed by atoms with E-state index in [1.807, 2.05) is 0 Å². The van der Waals surface area contributed by atoms with E-state index >= 15 is 0 Å². The van der Waals surface area contributed by atoms with E-state index in [9.17, 15) is 4.39 Å². The lowest BCUT2D eigenvalue weighted by Gasteiger charge is -1.93. The van der Waals surface area contributed by atoms with E-state index in [0.717, 1.165) is 0 Å². The van der Waals surface area contributed by atoms with Crippen molar-refractivity contribution in [1.29, 1.82) is 0 Å². The van der Waals surface area contributed by atoms with Crippen LogP contribution in [0, 0.1) is 18.8 Å². The van der Waals surface area contributed by atoms with Gasteiger partial charge in [-0.15, -0.1) is 0 Å². The second-order valence-electron chi connectivity index (χ2n) is 1.85. The Balaban J connectivity index is 3.17. The van der Waals surface area contributed by atoms with Crippen molar-refractivity contribution < 1.29 is 9.50 Å². The molecule has 0 bridgehead atoms. The Morgan fingerprint density at radius 3 is 2.78 bits per heavy atom. The van der Waals surface area contributed by atoms with Gasteiger partial charge in [0.15, 0.2) is 11.6 Å². The van der Waals surface area contributed by atoms with E-state index in [1.165, 1.54) is 12.1 Å². The predicted octanol–water partition coefficient (Wildman–Crippen LogP) is 1.64. The van der Waals surface area contributed by atoms with Crippen molar-refractivity contribution in [1.82, 2.24) is 0 Å². The van der Waals surface area contributed by atoms with Crippen molar-refractivity contribution in [3.05, 3.63) is 29.6 Å². The maximum atomic E-state index is 12.3. The summed E-state index contributed by atoms with van der Waals surface area (Å²) >= 11 is 0. The topological polar surface area (TPSA) is 20.2 Å². The fourth-order valence-electron chi connectivity index (χ4n) is 0.557. The molecule has 1 N–H and O–H groups in total. The van der Waals surface area contributed by atoms with Crippen LogP contribution >= 0.6 is 0 Å². The molecule has 9 heavy (non-hydrogen) atoms. The van der Waals surface area contributed by atoms with E-state index < -0.39 is 5.82 Å². The maximum absolute atomic E-state index is 12.3. The Hall–Kier alpha value is -1.05. The van der Waals surface area contributed by atoms with Crippen LogP contribution in [0.1, 0.15) is 5.56 Å². The fraction of sp³-hybridized carbons (Fsp3) is 0.143. The lowest BCUT2D eigenvalue weighted by Crippen LogP contribution is -1.77. The largest absolute Gasteiger partial charge is 0.505 e. The number of halogens is 1. The number of rotatable bonds is 0. The minimum absolute atomic E-state index is 0.347. The van der Waals surface area contributed by atoms with Crippen molar-refractivity contribution in [2.45, 2.75) is 6.92 Å². The molecule has 0 saturated heterocycles. The monoisotopic (exact) mass is 125 g/mol. The normalized spacial score (nSPS) is 9.56. The molecule has 1 rings (SSSR count). The molecule has 0 saturated carbocycles. The van der Waals surface area contributed by atoms with Gasteiger partial charge in [-0.1, -0.05) is 0 Å². The first-order chi connectivity index (χ1) is 4.20. The van der Waals surface area contributed by atoms with Gasteiger partial charge >= 0.3 is 0 Å². The second kappa shape index (κ2) is 2.05. The molecule has 1 aromatic carbocycles. The third-order valence-electron chi connectivity index (χ3n) is 1.02. The molecule has 47 valence electrons. The summed E-state index contributed by atoms with van der Waals surface area (Å²) in [5.74, 6) is -0.938. The lowest BCUT2D eigenvalue weighted by atomic mass is 10.2. The van der Waals surface area contributed by atoms with Crippen molar-refractivity contribution in [3.63, 3.8) is 0 Å². The third kappa shape index (κ3) is 1.19. The molecule has 0 atom stereocenters. The first-order valence-electron chi connectivity index (χ1n) is 2.57. The first kappa shape index (κ1) is 6.08. The Morgan fingerprint density at radius 2 is 2.33 bits per heavy atom. The summed E-state index contributed by atoms with van der Waals surface area (Å²) in [5, 5.41) is 8.64. The van der Waals surface area contributed by atoms with Gasteiger partial charge < -0.3 is 5.11 Å². The molecule has 0 heterocycles. The van der Waals surface area contributed by atoms with Crippen LogP contribution in [0.5, 0.6) is 5.75 Å². The quantitative estimate of drug-likeness (QED) is 0.558. The van der Waals surface area contributed by atoms with Crippen LogP contribution < -0.4 is 0 Å². The SMILES string of the molecule is Cc1[c]cc(O)c(F)c1. The number of phenolic OH excluding ortho intramolecular Hbond substituents is 1. The van der Waals surface area contributed by atoms with Gasteiger partial charge in [-0.25, -0.2) is 4.39 Å². The van der Waals surface area contributed by atoms with Gasteiger partial charge in [-0.2, -0.15) is 0 Å². The Bertz CT molecular complexity index is 220. The number of aryl methyl sites for hydroxylation is 1. The van der Waals surface area contributed by atoms with E-state index in [4.69, 9.17) is 5.11 Å². The molecule has 1 nitrogen and oxygen atoms in total. The van der Waals surface area contributed by atoms with Gasteiger partial charge in [-0.3, -0.25) is 0 Å². The summed E-state index contributed by atoms with van der Waals surface area (Å²) in [5.41, 5.74) is 0.685. The molecule has 0 aliphatic rings. The Labute approximate surface area is 52.8 Å². The predicted molar refractivity (Wildman–Crippen MR) is 31.6 cm³/mol. The van der Waals surface area contributed by atoms with Crippen LogP contribution in [0.25, 0.3) is 0 Å².